The number of phenolic OH excluding ortho intramolecular Hbond substituents is 1. The van der Waals surface area contributed by atoms with E-state index in [0.29, 0.717) is 6.54 Å². The second-order valence-corrected chi connectivity index (χ2v) is 3.53. The average molecular weight is 201 g/mol. The molecule has 0 atom stereocenters. The zero-order chi connectivity index (χ0) is 11.3. The second kappa shape index (κ2) is 5.23. The number of rotatable bonds is 4. The Morgan fingerprint density at radius 3 is 2.60 bits per heavy atom. The number of aromatic hydroxyl groups is 1. The molecule has 0 saturated heterocycles. The standard InChI is InChI=1S/C13H15NO/c1-4-9-14(3)10-11(2)12-5-7-13(15)8-6-12/h1,5-8,15H,2,9-10H2,3H3. The Morgan fingerprint density at radius 1 is 1.47 bits per heavy atom. The van der Waals surface area contributed by atoms with Crippen LogP contribution in [0.1, 0.15) is 5.56 Å². The molecule has 1 rings (SSSR count). The maximum atomic E-state index is 9.14. The third kappa shape index (κ3) is 3.49. The summed E-state index contributed by atoms with van der Waals surface area (Å²) < 4.78 is 0. The van der Waals surface area contributed by atoms with Gasteiger partial charge in [-0.25, -0.2) is 0 Å². The fraction of sp³-hybridized carbons (Fsp3) is 0.231. The Balaban J connectivity index is 2.62. The molecule has 0 spiro atoms. The Hall–Kier alpha value is -1.72. The molecule has 0 heterocycles. The molecule has 0 aliphatic heterocycles. The smallest absolute Gasteiger partial charge is 0.115 e. The number of likely N-dealkylation sites (N-methyl/N-ethyl adjacent to an activating group) is 1. The van der Waals surface area contributed by atoms with Gasteiger partial charge in [0.15, 0.2) is 0 Å². The van der Waals surface area contributed by atoms with Crippen LogP contribution in [0.15, 0.2) is 30.8 Å². The van der Waals surface area contributed by atoms with Crippen LogP contribution in [0, 0.1) is 12.3 Å². The zero-order valence-electron chi connectivity index (χ0n) is 8.90. The molecule has 0 bridgehead atoms. The van der Waals surface area contributed by atoms with Crippen LogP contribution < -0.4 is 0 Å². The molecule has 78 valence electrons. The van der Waals surface area contributed by atoms with Crippen molar-refractivity contribution < 1.29 is 5.11 Å². The molecule has 0 aliphatic carbocycles. The van der Waals surface area contributed by atoms with Crippen molar-refractivity contribution in [1.82, 2.24) is 4.90 Å². The van der Waals surface area contributed by atoms with Crippen molar-refractivity contribution in [2.24, 2.45) is 0 Å². The van der Waals surface area contributed by atoms with Gasteiger partial charge in [-0.1, -0.05) is 24.6 Å². The molecule has 0 amide bonds. The van der Waals surface area contributed by atoms with Gasteiger partial charge in [0.05, 0.1) is 6.54 Å². The topological polar surface area (TPSA) is 23.5 Å². The molecule has 1 N–H and O–H groups in total. The summed E-state index contributed by atoms with van der Waals surface area (Å²) in [5.41, 5.74) is 2.02. The van der Waals surface area contributed by atoms with Gasteiger partial charge in [0.1, 0.15) is 5.75 Å². The summed E-state index contributed by atoms with van der Waals surface area (Å²) in [6, 6.07) is 7.01. The molecule has 0 fully saturated rings. The lowest BCUT2D eigenvalue weighted by Gasteiger charge is -2.15. The van der Waals surface area contributed by atoms with Crippen LogP contribution in [-0.4, -0.2) is 30.1 Å². The van der Waals surface area contributed by atoms with E-state index >= 15 is 0 Å². The van der Waals surface area contributed by atoms with Crippen molar-refractivity contribution in [3.05, 3.63) is 36.4 Å². The SMILES string of the molecule is C#CCN(C)CC(=C)c1ccc(O)cc1. The Morgan fingerprint density at radius 2 is 2.07 bits per heavy atom. The number of phenols is 1. The zero-order valence-corrected chi connectivity index (χ0v) is 8.90. The molecule has 0 aromatic heterocycles. The quantitative estimate of drug-likeness (QED) is 0.753. The van der Waals surface area contributed by atoms with Crippen LogP contribution >= 0.6 is 0 Å². The van der Waals surface area contributed by atoms with Crippen molar-refractivity contribution in [3.8, 4) is 18.1 Å². The van der Waals surface area contributed by atoms with Crippen molar-refractivity contribution in [2.45, 2.75) is 0 Å². The van der Waals surface area contributed by atoms with Crippen LogP contribution in [-0.2, 0) is 0 Å². The van der Waals surface area contributed by atoms with Gasteiger partial charge in [-0.15, -0.1) is 6.42 Å². The van der Waals surface area contributed by atoms with E-state index in [2.05, 4.69) is 12.5 Å². The first-order valence-corrected chi connectivity index (χ1v) is 4.72. The number of benzene rings is 1. The van der Waals surface area contributed by atoms with Crippen molar-refractivity contribution in [3.63, 3.8) is 0 Å². The first-order chi connectivity index (χ1) is 7.13. The maximum Gasteiger partial charge on any atom is 0.115 e. The van der Waals surface area contributed by atoms with Crippen molar-refractivity contribution in [1.29, 1.82) is 0 Å². The van der Waals surface area contributed by atoms with E-state index in [9.17, 15) is 0 Å². The summed E-state index contributed by atoms with van der Waals surface area (Å²) >= 11 is 0. The summed E-state index contributed by atoms with van der Waals surface area (Å²) in [4.78, 5) is 2.01. The van der Waals surface area contributed by atoms with Crippen LogP contribution in [0.2, 0.25) is 0 Å². The molecular weight excluding hydrogens is 186 g/mol. The highest BCUT2D eigenvalue weighted by atomic mass is 16.3. The van der Waals surface area contributed by atoms with Crippen LogP contribution in [0.3, 0.4) is 0 Å². The van der Waals surface area contributed by atoms with Gasteiger partial charge in [-0.3, -0.25) is 4.90 Å². The largest absolute Gasteiger partial charge is 0.508 e. The van der Waals surface area contributed by atoms with Gasteiger partial charge in [0.2, 0.25) is 0 Å². The Kier molecular flexibility index (Phi) is 3.96. The second-order valence-electron chi connectivity index (χ2n) is 3.53. The summed E-state index contributed by atoms with van der Waals surface area (Å²) in [5.74, 6) is 2.85. The van der Waals surface area contributed by atoms with Crippen molar-refractivity contribution >= 4 is 5.57 Å². The molecule has 2 heteroatoms. The van der Waals surface area contributed by atoms with E-state index in [-0.39, 0.29) is 5.75 Å². The lowest BCUT2D eigenvalue weighted by Crippen LogP contribution is -2.20. The lowest BCUT2D eigenvalue weighted by molar-refractivity contribution is 0.425. The van der Waals surface area contributed by atoms with E-state index in [4.69, 9.17) is 11.5 Å². The van der Waals surface area contributed by atoms with Gasteiger partial charge in [0, 0.05) is 6.54 Å². The number of nitrogens with zero attached hydrogens (tertiary/aromatic N) is 1. The monoisotopic (exact) mass is 201 g/mol. The predicted molar refractivity (Wildman–Crippen MR) is 63.5 cm³/mol. The van der Waals surface area contributed by atoms with Gasteiger partial charge in [-0.05, 0) is 30.3 Å². The fourth-order valence-corrected chi connectivity index (χ4v) is 1.33. The minimum atomic E-state index is 0.267. The van der Waals surface area contributed by atoms with Gasteiger partial charge >= 0.3 is 0 Å². The minimum absolute atomic E-state index is 0.267. The summed E-state index contributed by atoms with van der Waals surface area (Å²) in [6.07, 6.45) is 5.21. The molecule has 0 radical (unpaired) electrons. The highest BCUT2D eigenvalue weighted by molar-refractivity contribution is 5.65. The summed E-state index contributed by atoms with van der Waals surface area (Å²) in [5, 5.41) is 9.14. The first kappa shape index (κ1) is 11.4. The van der Waals surface area contributed by atoms with E-state index in [1.54, 1.807) is 12.1 Å². The molecular formula is C13H15NO. The summed E-state index contributed by atoms with van der Waals surface area (Å²) in [7, 11) is 1.95. The number of terminal acetylenes is 1. The fourth-order valence-electron chi connectivity index (χ4n) is 1.33. The Labute approximate surface area is 90.8 Å². The van der Waals surface area contributed by atoms with E-state index in [0.717, 1.165) is 17.7 Å². The third-order valence-corrected chi connectivity index (χ3v) is 2.10. The minimum Gasteiger partial charge on any atom is -0.508 e. The molecule has 1 aromatic carbocycles. The summed E-state index contributed by atoms with van der Waals surface area (Å²) in [6.45, 7) is 5.32. The molecule has 15 heavy (non-hydrogen) atoms. The van der Waals surface area contributed by atoms with Crippen LogP contribution in [0.4, 0.5) is 0 Å². The highest BCUT2D eigenvalue weighted by Crippen LogP contribution is 2.16. The molecule has 0 aliphatic rings. The first-order valence-electron chi connectivity index (χ1n) is 4.72. The van der Waals surface area contributed by atoms with Gasteiger partial charge < -0.3 is 5.11 Å². The predicted octanol–water partition coefficient (Wildman–Crippen LogP) is 1.97. The lowest BCUT2D eigenvalue weighted by atomic mass is 10.1. The van der Waals surface area contributed by atoms with Gasteiger partial charge in [0.25, 0.3) is 0 Å². The third-order valence-electron chi connectivity index (χ3n) is 2.10. The normalized spacial score (nSPS) is 9.93. The number of hydrogen-bond donors (Lipinski definition) is 1. The van der Waals surface area contributed by atoms with E-state index in [1.165, 1.54) is 0 Å². The maximum absolute atomic E-state index is 9.14. The molecule has 1 aromatic rings. The van der Waals surface area contributed by atoms with Crippen LogP contribution in [0.25, 0.3) is 5.57 Å². The van der Waals surface area contributed by atoms with Crippen LogP contribution in [0.5, 0.6) is 5.75 Å². The average Bonchev–Trinajstić information content (AvgIpc) is 2.18. The number of hydrogen-bond acceptors (Lipinski definition) is 2. The molecule has 0 saturated carbocycles. The molecule has 2 nitrogen and oxygen atoms in total. The van der Waals surface area contributed by atoms with E-state index in [1.807, 2.05) is 24.1 Å². The van der Waals surface area contributed by atoms with Crippen molar-refractivity contribution in [2.75, 3.05) is 20.1 Å². The Bertz CT molecular complexity index is 373. The van der Waals surface area contributed by atoms with Gasteiger partial charge in [-0.2, -0.15) is 0 Å². The molecule has 0 unspecified atom stereocenters. The highest BCUT2D eigenvalue weighted by Gasteiger charge is 2.02. The van der Waals surface area contributed by atoms with E-state index < -0.39 is 0 Å².